The Morgan fingerprint density at radius 2 is 2.21 bits per heavy atom. The molecule has 1 aliphatic heterocycles. The first-order valence-corrected chi connectivity index (χ1v) is 10.0. The molecule has 8 nitrogen and oxygen atoms in total. The molecule has 1 N–H and O–H groups in total. The molecule has 152 valence electrons. The van der Waals surface area contributed by atoms with Crippen molar-refractivity contribution < 1.29 is 4.74 Å². The van der Waals surface area contributed by atoms with Gasteiger partial charge in [-0.3, -0.25) is 9.48 Å². The van der Waals surface area contributed by atoms with Crippen LogP contribution in [0.5, 0.6) is 5.88 Å². The molecule has 3 aromatic heterocycles. The predicted octanol–water partition coefficient (Wildman–Crippen LogP) is 2.98. The van der Waals surface area contributed by atoms with Gasteiger partial charge < -0.3 is 9.64 Å². The van der Waals surface area contributed by atoms with Crippen LogP contribution in [-0.4, -0.2) is 44.2 Å². The second-order valence-corrected chi connectivity index (χ2v) is 7.50. The Bertz CT molecular complexity index is 1090. The summed E-state index contributed by atoms with van der Waals surface area (Å²) in [7, 11) is 0. The third-order valence-electron chi connectivity index (χ3n) is 5.25. The lowest BCUT2D eigenvalue weighted by Gasteiger charge is -2.19. The van der Waals surface area contributed by atoms with Gasteiger partial charge in [-0.15, -0.1) is 0 Å². The van der Waals surface area contributed by atoms with Gasteiger partial charge in [-0.2, -0.15) is 10.2 Å². The van der Waals surface area contributed by atoms with Crippen molar-refractivity contribution in [1.29, 1.82) is 0 Å². The molecule has 0 bridgehead atoms. The number of nitrogens with zero attached hydrogens (tertiary/aromatic N) is 5. The van der Waals surface area contributed by atoms with Crippen molar-refractivity contribution in [3.05, 3.63) is 51.3 Å². The molecule has 0 saturated carbocycles. The van der Waals surface area contributed by atoms with Crippen molar-refractivity contribution in [2.75, 3.05) is 18.0 Å². The number of hydrogen-bond donors (Lipinski definition) is 1. The molecule has 3 aromatic rings. The summed E-state index contributed by atoms with van der Waals surface area (Å²) in [5.74, 6) is 0.576. The van der Waals surface area contributed by atoms with Gasteiger partial charge in [0.2, 0.25) is 5.88 Å². The molecule has 0 aliphatic carbocycles. The Morgan fingerprint density at radius 3 is 2.97 bits per heavy atom. The van der Waals surface area contributed by atoms with E-state index in [4.69, 9.17) is 16.3 Å². The van der Waals surface area contributed by atoms with Crippen LogP contribution >= 0.6 is 11.6 Å². The largest absolute Gasteiger partial charge is 0.472 e. The lowest BCUT2D eigenvalue weighted by molar-refractivity contribution is 0.216. The molecular formula is C20H23ClN6O2. The van der Waals surface area contributed by atoms with E-state index in [9.17, 15) is 4.79 Å². The number of hydrogen-bond acceptors (Lipinski definition) is 6. The van der Waals surface area contributed by atoms with Crippen LogP contribution in [0.3, 0.4) is 0 Å². The van der Waals surface area contributed by atoms with E-state index in [2.05, 4.69) is 34.1 Å². The summed E-state index contributed by atoms with van der Waals surface area (Å²) < 4.78 is 8.14. The maximum Gasteiger partial charge on any atom is 0.285 e. The van der Waals surface area contributed by atoms with Crippen LogP contribution in [0.4, 0.5) is 5.69 Å². The SMILES string of the molecule is CCn1nc(C)c(-c2ccnc(O[C@@H]3CCN(c4cn[nH]c(=O)c4Cl)C3)c2)c1C. The van der Waals surface area contributed by atoms with Crippen LogP contribution in [0.2, 0.25) is 5.02 Å². The van der Waals surface area contributed by atoms with Gasteiger partial charge in [0.1, 0.15) is 11.1 Å². The van der Waals surface area contributed by atoms with E-state index in [0.29, 0.717) is 18.1 Å². The molecule has 0 radical (unpaired) electrons. The minimum absolute atomic E-state index is 0.0475. The highest BCUT2D eigenvalue weighted by Crippen LogP contribution is 2.30. The van der Waals surface area contributed by atoms with Crippen molar-refractivity contribution in [1.82, 2.24) is 25.0 Å². The lowest BCUT2D eigenvalue weighted by atomic mass is 10.1. The molecule has 0 spiro atoms. The quantitative estimate of drug-likeness (QED) is 0.690. The summed E-state index contributed by atoms with van der Waals surface area (Å²) in [5.41, 5.74) is 4.52. The molecule has 1 fully saturated rings. The van der Waals surface area contributed by atoms with Gasteiger partial charge in [0, 0.05) is 43.0 Å². The maximum atomic E-state index is 11.7. The van der Waals surface area contributed by atoms with E-state index >= 15 is 0 Å². The van der Waals surface area contributed by atoms with Crippen LogP contribution in [-0.2, 0) is 6.54 Å². The zero-order valence-corrected chi connectivity index (χ0v) is 17.4. The van der Waals surface area contributed by atoms with E-state index in [-0.39, 0.29) is 16.7 Å². The summed E-state index contributed by atoms with van der Waals surface area (Å²) in [5, 5.41) is 10.9. The predicted molar refractivity (Wildman–Crippen MR) is 112 cm³/mol. The Labute approximate surface area is 173 Å². The van der Waals surface area contributed by atoms with Crippen LogP contribution in [0.25, 0.3) is 11.1 Å². The highest BCUT2D eigenvalue weighted by molar-refractivity contribution is 6.33. The molecule has 0 aromatic carbocycles. The van der Waals surface area contributed by atoms with Crippen LogP contribution < -0.4 is 15.2 Å². The average molecular weight is 415 g/mol. The summed E-state index contributed by atoms with van der Waals surface area (Å²) in [6.07, 6.45) is 4.09. The first kappa shape index (κ1) is 19.4. The van der Waals surface area contributed by atoms with Crippen molar-refractivity contribution in [2.45, 2.75) is 39.8 Å². The van der Waals surface area contributed by atoms with Gasteiger partial charge in [-0.05, 0) is 32.4 Å². The third kappa shape index (κ3) is 3.72. The summed E-state index contributed by atoms with van der Waals surface area (Å²) >= 11 is 6.13. The highest BCUT2D eigenvalue weighted by Gasteiger charge is 2.27. The monoisotopic (exact) mass is 414 g/mol. The molecule has 4 heterocycles. The molecule has 1 aliphatic rings. The van der Waals surface area contributed by atoms with E-state index in [1.807, 2.05) is 28.6 Å². The fourth-order valence-electron chi connectivity index (χ4n) is 3.86. The second-order valence-electron chi connectivity index (χ2n) is 7.12. The molecule has 1 saturated heterocycles. The molecule has 29 heavy (non-hydrogen) atoms. The maximum absolute atomic E-state index is 11.7. The van der Waals surface area contributed by atoms with Gasteiger partial charge in [0.15, 0.2) is 0 Å². The van der Waals surface area contributed by atoms with Gasteiger partial charge in [-0.25, -0.2) is 10.1 Å². The van der Waals surface area contributed by atoms with E-state index in [0.717, 1.165) is 42.0 Å². The smallest absolute Gasteiger partial charge is 0.285 e. The fourth-order valence-corrected chi connectivity index (χ4v) is 4.07. The normalized spacial score (nSPS) is 16.4. The van der Waals surface area contributed by atoms with Gasteiger partial charge >= 0.3 is 0 Å². The summed E-state index contributed by atoms with van der Waals surface area (Å²) in [6.45, 7) is 8.36. The number of ether oxygens (including phenoxy) is 1. The number of anilines is 1. The third-order valence-corrected chi connectivity index (χ3v) is 5.62. The highest BCUT2D eigenvalue weighted by atomic mass is 35.5. The molecular weight excluding hydrogens is 392 g/mol. The molecule has 1 atom stereocenters. The average Bonchev–Trinajstić information content (AvgIpc) is 3.28. The number of aromatic amines is 1. The standard InChI is InChI=1S/C20H23ClN6O2/c1-4-27-13(3)18(12(2)25-27)14-5-7-22-17(9-14)29-15-6-8-26(11-15)16-10-23-24-20(28)19(16)21/h5,7,9-10,15H,4,6,8,11H2,1-3H3,(H,24,28)/t15-/m1/s1. The Hall–Kier alpha value is -2.87. The zero-order valence-electron chi connectivity index (χ0n) is 16.6. The Balaban J connectivity index is 1.52. The van der Waals surface area contributed by atoms with Crippen LogP contribution in [0, 0.1) is 13.8 Å². The lowest BCUT2D eigenvalue weighted by Crippen LogP contribution is -2.26. The topological polar surface area (TPSA) is 88.9 Å². The Morgan fingerprint density at radius 1 is 1.38 bits per heavy atom. The number of rotatable bonds is 5. The van der Waals surface area contributed by atoms with Crippen molar-refractivity contribution in [3.63, 3.8) is 0 Å². The summed E-state index contributed by atoms with van der Waals surface area (Å²) in [6, 6.07) is 3.94. The van der Waals surface area contributed by atoms with Crippen molar-refractivity contribution in [3.8, 4) is 17.0 Å². The molecule has 4 rings (SSSR count). The first-order valence-electron chi connectivity index (χ1n) is 9.63. The molecule has 0 amide bonds. The minimum Gasteiger partial charge on any atom is -0.472 e. The summed E-state index contributed by atoms with van der Waals surface area (Å²) in [4.78, 5) is 18.1. The Kier molecular flexibility index (Phi) is 5.27. The second kappa shape index (κ2) is 7.87. The van der Waals surface area contributed by atoms with Crippen LogP contribution in [0.1, 0.15) is 24.7 Å². The van der Waals surface area contributed by atoms with Gasteiger partial charge in [0.05, 0.1) is 24.1 Å². The fraction of sp³-hybridized carbons (Fsp3) is 0.400. The molecule has 0 unspecified atom stereocenters. The first-order chi connectivity index (χ1) is 14.0. The van der Waals surface area contributed by atoms with Gasteiger partial charge in [0.25, 0.3) is 5.56 Å². The zero-order chi connectivity index (χ0) is 20.5. The number of aromatic nitrogens is 5. The minimum atomic E-state index is -0.388. The van der Waals surface area contributed by atoms with Crippen molar-refractivity contribution in [2.24, 2.45) is 0 Å². The van der Waals surface area contributed by atoms with E-state index < -0.39 is 0 Å². The number of pyridine rings is 1. The van der Waals surface area contributed by atoms with Crippen molar-refractivity contribution >= 4 is 17.3 Å². The van der Waals surface area contributed by atoms with Gasteiger partial charge in [-0.1, -0.05) is 11.6 Å². The van der Waals surface area contributed by atoms with E-state index in [1.54, 1.807) is 12.4 Å². The number of nitrogens with one attached hydrogen (secondary N) is 1. The van der Waals surface area contributed by atoms with Crippen LogP contribution in [0.15, 0.2) is 29.3 Å². The number of aryl methyl sites for hydroxylation is 2. The van der Waals surface area contributed by atoms with E-state index in [1.165, 1.54) is 0 Å². The molecule has 9 heteroatoms. The number of H-pyrrole nitrogens is 1. The number of halogens is 1.